The SMILES string of the molecule is Cl.N=C(N)N1CCCC(CNC(=O)[C@@H](Cc2c[nH]c3ccccc23)NS(=O)(=O)c2ccccc2[N+](=O)[O-])C1. The van der Waals surface area contributed by atoms with Crippen LogP contribution in [0.3, 0.4) is 0 Å². The Balaban J connectivity index is 0.00000400. The summed E-state index contributed by atoms with van der Waals surface area (Å²) in [6.45, 7) is 1.48. The van der Waals surface area contributed by atoms with E-state index in [0.717, 1.165) is 41.4 Å². The molecule has 1 unspecified atom stereocenters. The number of fused-ring (bicyclic) bond motifs is 1. The number of likely N-dealkylation sites (tertiary alicyclic amines) is 1. The van der Waals surface area contributed by atoms with Crippen LogP contribution in [-0.2, 0) is 21.2 Å². The van der Waals surface area contributed by atoms with Gasteiger partial charge in [0.25, 0.3) is 5.69 Å². The minimum atomic E-state index is -4.42. The van der Waals surface area contributed by atoms with E-state index < -0.39 is 37.5 Å². The molecule has 204 valence electrons. The number of hydrogen-bond acceptors (Lipinski definition) is 6. The van der Waals surface area contributed by atoms with Gasteiger partial charge >= 0.3 is 0 Å². The largest absolute Gasteiger partial charge is 0.370 e. The first-order valence-electron chi connectivity index (χ1n) is 11.8. The monoisotopic (exact) mass is 563 g/mol. The van der Waals surface area contributed by atoms with E-state index in [1.54, 1.807) is 11.1 Å². The first-order chi connectivity index (χ1) is 17.7. The number of amides is 1. The van der Waals surface area contributed by atoms with Crippen LogP contribution in [0.5, 0.6) is 0 Å². The van der Waals surface area contributed by atoms with Crippen LogP contribution >= 0.6 is 12.4 Å². The van der Waals surface area contributed by atoms with E-state index >= 15 is 0 Å². The number of carbonyl (C=O) groups is 1. The molecule has 0 radical (unpaired) electrons. The number of nitro groups is 1. The molecule has 4 rings (SSSR count). The molecule has 6 N–H and O–H groups in total. The van der Waals surface area contributed by atoms with Gasteiger partial charge < -0.3 is 20.9 Å². The van der Waals surface area contributed by atoms with Gasteiger partial charge in [-0.2, -0.15) is 4.72 Å². The number of rotatable bonds is 9. The van der Waals surface area contributed by atoms with Crippen molar-refractivity contribution >= 4 is 50.9 Å². The number of nitrogens with two attached hydrogens (primary N) is 1. The van der Waals surface area contributed by atoms with E-state index in [0.29, 0.717) is 13.1 Å². The number of carbonyl (C=O) groups excluding carboxylic acids is 1. The zero-order valence-electron chi connectivity index (χ0n) is 20.4. The molecule has 3 aromatic rings. The number of benzene rings is 2. The lowest BCUT2D eigenvalue weighted by Crippen LogP contribution is -2.51. The van der Waals surface area contributed by atoms with Gasteiger partial charge in [-0.1, -0.05) is 30.3 Å². The van der Waals surface area contributed by atoms with E-state index in [9.17, 15) is 23.3 Å². The number of halogens is 1. The highest BCUT2D eigenvalue weighted by Gasteiger charge is 2.32. The van der Waals surface area contributed by atoms with Crippen molar-refractivity contribution in [3.63, 3.8) is 0 Å². The lowest BCUT2D eigenvalue weighted by molar-refractivity contribution is -0.387. The number of guanidine groups is 1. The van der Waals surface area contributed by atoms with Crippen LogP contribution in [0.4, 0.5) is 5.69 Å². The number of para-hydroxylation sites is 2. The Kier molecular flexibility index (Phi) is 9.31. The number of nitro benzene ring substituents is 1. The molecular formula is C24H30ClN7O5S. The number of nitrogens with zero attached hydrogens (tertiary/aromatic N) is 2. The van der Waals surface area contributed by atoms with Gasteiger partial charge in [0, 0.05) is 42.8 Å². The molecule has 2 aromatic carbocycles. The van der Waals surface area contributed by atoms with Crippen LogP contribution in [0, 0.1) is 21.4 Å². The molecule has 14 heteroatoms. The average Bonchev–Trinajstić information content (AvgIpc) is 3.29. The van der Waals surface area contributed by atoms with E-state index in [-0.39, 0.29) is 37.3 Å². The van der Waals surface area contributed by atoms with Gasteiger partial charge in [0.1, 0.15) is 6.04 Å². The van der Waals surface area contributed by atoms with E-state index in [2.05, 4.69) is 15.0 Å². The molecule has 12 nitrogen and oxygen atoms in total. The molecule has 0 aliphatic carbocycles. The first kappa shape index (κ1) is 28.9. The Morgan fingerprint density at radius 1 is 1.24 bits per heavy atom. The minimum Gasteiger partial charge on any atom is -0.370 e. The van der Waals surface area contributed by atoms with Gasteiger partial charge in [-0.05, 0) is 42.9 Å². The number of H-pyrrole nitrogens is 1. The summed E-state index contributed by atoms with van der Waals surface area (Å²) in [5.74, 6) is -0.528. The maximum Gasteiger partial charge on any atom is 0.289 e. The second-order valence-electron chi connectivity index (χ2n) is 9.05. The highest BCUT2D eigenvalue weighted by atomic mass is 35.5. The summed E-state index contributed by atoms with van der Waals surface area (Å²) >= 11 is 0. The zero-order chi connectivity index (χ0) is 26.6. The number of piperidine rings is 1. The summed E-state index contributed by atoms with van der Waals surface area (Å²) in [4.78, 5) is 28.3. The lowest BCUT2D eigenvalue weighted by Gasteiger charge is -2.33. The van der Waals surface area contributed by atoms with Crippen molar-refractivity contribution in [3.05, 3.63) is 70.4 Å². The second kappa shape index (κ2) is 12.2. The lowest BCUT2D eigenvalue weighted by atomic mass is 9.98. The Labute approximate surface area is 226 Å². The normalized spacial score (nSPS) is 16.4. The first-order valence-corrected chi connectivity index (χ1v) is 13.3. The topological polar surface area (TPSA) is 187 Å². The Bertz CT molecular complexity index is 1430. The molecular weight excluding hydrogens is 534 g/mol. The third-order valence-corrected chi connectivity index (χ3v) is 8.01. The summed E-state index contributed by atoms with van der Waals surface area (Å²) < 4.78 is 28.9. The van der Waals surface area contributed by atoms with Crippen molar-refractivity contribution in [3.8, 4) is 0 Å². The quantitative estimate of drug-likeness (QED) is 0.114. The average molecular weight is 564 g/mol. The number of sulfonamides is 1. The minimum absolute atomic E-state index is 0. The molecule has 1 aliphatic rings. The predicted octanol–water partition coefficient (Wildman–Crippen LogP) is 2.11. The van der Waals surface area contributed by atoms with Crippen LogP contribution in [0.15, 0.2) is 59.6 Å². The third kappa shape index (κ3) is 6.60. The molecule has 2 heterocycles. The molecule has 0 saturated carbocycles. The van der Waals surface area contributed by atoms with Gasteiger partial charge in [0.2, 0.25) is 15.9 Å². The summed E-state index contributed by atoms with van der Waals surface area (Å²) in [6, 6.07) is 11.2. The standard InChI is InChI=1S/C24H29N7O5S.ClH/c25-24(26)30-11-5-6-16(15-30)13-28-23(32)20(12-17-14-27-19-8-2-1-7-18(17)19)29-37(35,36)22-10-4-3-9-21(22)31(33)34;/h1-4,7-10,14,16,20,27,29H,5-6,11-13,15H2,(H3,25,26)(H,28,32);1H/t16?,20-;/m1./s1. The maximum absolute atomic E-state index is 13.3. The number of aromatic amines is 1. The van der Waals surface area contributed by atoms with E-state index in [4.69, 9.17) is 11.1 Å². The van der Waals surface area contributed by atoms with Gasteiger partial charge in [0.15, 0.2) is 10.9 Å². The molecule has 1 amide bonds. The summed E-state index contributed by atoms with van der Waals surface area (Å²) in [5, 5.41) is 22.8. The Morgan fingerprint density at radius 3 is 2.68 bits per heavy atom. The molecule has 1 saturated heterocycles. The molecule has 38 heavy (non-hydrogen) atoms. The highest BCUT2D eigenvalue weighted by molar-refractivity contribution is 7.89. The van der Waals surface area contributed by atoms with Crippen LogP contribution in [0.2, 0.25) is 0 Å². The van der Waals surface area contributed by atoms with Gasteiger partial charge in [0.05, 0.1) is 4.92 Å². The van der Waals surface area contributed by atoms with Crippen LogP contribution in [-0.4, -0.2) is 60.8 Å². The van der Waals surface area contributed by atoms with Gasteiger partial charge in [-0.3, -0.25) is 20.3 Å². The van der Waals surface area contributed by atoms with Crippen molar-refractivity contribution in [1.29, 1.82) is 5.41 Å². The molecule has 0 spiro atoms. The van der Waals surface area contributed by atoms with Crippen LogP contribution < -0.4 is 15.8 Å². The number of hydrogen-bond donors (Lipinski definition) is 5. The van der Waals surface area contributed by atoms with Crippen LogP contribution in [0.25, 0.3) is 10.9 Å². The predicted molar refractivity (Wildman–Crippen MR) is 146 cm³/mol. The zero-order valence-corrected chi connectivity index (χ0v) is 22.1. The van der Waals surface area contributed by atoms with Crippen molar-refractivity contribution in [1.82, 2.24) is 19.9 Å². The fraction of sp³-hybridized carbons (Fsp3) is 0.333. The fourth-order valence-electron chi connectivity index (χ4n) is 4.61. The van der Waals surface area contributed by atoms with Crippen molar-refractivity contribution < 1.29 is 18.1 Å². The van der Waals surface area contributed by atoms with Crippen molar-refractivity contribution in [2.75, 3.05) is 19.6 Å². The highest BCUT2D eigenvalue weighted by Crippen LogP contribution is 2.24. The second-order valence-corrected chi connectivity index (χ2v) is 10.7. The summed E-state index contributed by atoms with van der Waals surface area (Å²) in [7, 11) is -4.42. The Morgan fingerprint density at radius 2 is 1.95 bits per heavy atom. The number of nitrogens with one attached hydrogen (secondary N) is 4. The van der Waals surface area contributed by atoms with Crippen molar-refractivity contribution in [2.24, 2.45) is 11.7 Å². The number of aromatic nitrogens is 1. The van der Waals surface area contributed by atoms with Crippen LogP contribution in [0.1, 0.15) is 18.4 Å². The van der Waals surface area contributed by atoms with E-state index in [1.807, 2.05) is 24.3 Å². The molecule has 2 atom stereocenters. The summed E-state index contributed by atoms with van der Waals surface area (Å²) in [6.07, 6.45) is 3.40. The molecule has 1 aliphatic heterocycles. The molecule has 0 bridgehead atoms. The fourth-order valence-corrected chi connectivity index (χ4v) is 5.98. The smallest absolute Gasteiger partial charge is 0.289 e. The van der Waals surface area contributed by atoms with E-state index in [1.165, 1.54) is 12.1 Å². The van der Waals surface area contributed by atoms with Gasteiger partial charge in [-0.15, -0.1) is 12.4 Å². The molecule has 1 fully saturated rings. The van der Waals surface area contributed by atoms with Gasteiger partial charge in [-0.25, -0.2) is 8.42 Å². The third-order valence-electron chi connectivity index (χ3n) is 6.49. The molecule has 1 aromatic heterocycles. The Hall–Kier alpha value is -3.68. The maximum atomic E-state index is 13.3. The summed E-state index contributed by atoms with van der Waals surface area (Å²) in [5.41, 5.74) is 6.59. The van der Waals surface area contributed by atoms with Crippen molar-refractivity contribution in [2.45, 2.75) is 30.2 Å².